The summed E-state index contributed by atoms with van der Waals surface area (Å²) in [6.45, 7) is 1.32. The van der Waals surface area contributed by atoms with E-state index in [2.05, 4.69) is 10.6 Å². The van der Waals surface area contributed by atoms with Crippen molar-refractivity contribution in [1.29, 1.82) is 0 Å². The van der Waals surface area contributed by atoms with Crippen molar-refractivity contribution in [2.45, 2.75) is 18.9 Å². The first-order valence-corrected chi connectivity index (χ1v) is 10.3. The SMILES string of the molecule is COc1cc(OCC(=O)NC2=CC(C)(NC(=O)COc3ccc(Cl)c(F)c3)C2)ccc1Cl. The number of amides is 2. The second kappa shape index (κ2) is 10.1. The minimum atomic E-state index is -0.627. The van der Waals surface area contributed by atoms with Crippen LogP contribution in [0, 0.1) is 5.82 Å². The lowest BCUT2D eigenvalue weighted by Gasteiger charge is -2.37. The average molecular weight is 483 g/mol. The van der Waals surface area contributed by atoms with Crippen molar-refractivity contribution in [2.75, 3.05) is 20.3 Å². The number of nitrogens with one attached hydrogen (secondary N) is 2. The lowest BCUT2D eigenvalue weighted by atomic mass is 9.84. The third-order valence-corrected chi connectivity index (χ3v) is 5.15. The van der Waals surface area contributed by atoms with Gasteiger partial charge in [-0.3, -0.25) is 9.59 Å². The van der Waals surface area contributed by atoms with Crippen LogP contribution in [0.5, 0.6) is 17.2 Å². The molecule has 170 valence electrons. The Morgan fingerprint density at radius 2 is 1.62 bits per heavy atom. The van der Waals surface area contributed by atoms with Crippen LogP contribution in [0.15, 0.2) is 48.2 Å². The van der Waals surface area contributed by atoms with Gasteiger partial charge in [-0.1, -0.05) is 23.2 Å². The van der Waals surface area contributed by atoms with Gasteiger partial charge in [-0.15, -0.1) is 0 Å². The quantitative estimate of drug-likeness (QED) is 0.566. The van der Waals surface area contributed by atoms with Crippen LogP contribution in [0.1, 0.15) is 13.3 Å². The molecule has 1 aliphatic carbocycles. The highest BCUT2D eigenvalue weighted by Gasteiger charge is 2.34. The van der Waals surface area contributed by atoms with E-state index in [0.29, 0.717) is 28.6 Å². The minimum Gasteiger partial charge on any atom is -0.495 e. The van der Waals surface area contributed by atoms with E-state index in [0.717, 1.165) is 6.07 Å². The van der Waals surface area contributed by atoms with E-state index in [4.69, 9.17) is 37.4 Å². The molecule has 0 aromatic heterocycles. The molecule has 0 saturated carbocycles. The Labute approximate surface area is 194 Å². The molecular weight excluding hydrogens is 462 g/mol. The first-order chi connectivity index (χ1) is 15.2. The molecule has 2 amide bonds. The van der Waals surface area contributed by atoms with E-state index in [-0.39, 0.29) is 35.8 Å². The number of benzene rings is 2. The topological polar surface area (TPSA) is 85.9 Å². The smallest absolute Gasteiger partial charge is 0.262 e. The fourth-order valence-corrected chi connectivity index (χ4v) is 3.39. The first-order valence-electron chi connectivity index (χ1n) is 9.54. The Kier molecular flexibility index (Phi) is 7.48. The summed E-state index contributed by atoms with van der Waals surface area (Å²) >= 11 is 11.6. The highest BCUT2D eigenvalue weighted by Crippen LogP contribution is 2.29. The maximum absolute atomic E-state index is 13.4. The molecule has 1 unspecified atom stereocenters. The van der Waals surface area contributed by atoms with E-state index in [1.165, 1.54) is 19.2 Å². The monoisotopic (exact) mass is 482 g/mol. The molecule has 2 aromatic carbocycles. The molecule has 0 fully saturated rings. The second-order valence-electron chi connectivity index (χ2n) is 7.31. The highest BCUT2D eigenvalue weighted by atomic mass is 35.5. The molecule has 7 nitrogen and oxygen atoms in total. The number of halogens is 3. The van der Waals surface area contributed by atoms with Gasteiger partial charge < -0.3 is 24.8 Å². The number of hydrogen-bond acceptors (Lipinski definition) is 5. The van der Waals surface area contributed by atoms with Crippen LogP contribution in [0.3, 0.4) is 0 Å². The summed E-state index contributed by atoms with van der Waals surface area (Å²) in [6, 6.07) is 8.76. The van der Waals surface area contributed by atoms with Gasteiger partial charge in [0.25, 0.3) is 11.8 Å². The molecule has 0 aliphatic heterocycles. The summed E-state index contributed by atoms with van der Waals surface area (Å²) in [5.74, 6) is -0.263. The van der Waals surface area contributed by atoms with Crippen molar-refractivity contribution in [1.82, 2.24) is 10.6 Å². The number of ether oxygens (including phenoxy) is 3. The molecule has 0 heterocycles. The maximum atomic E-state index is 13.4. The van der Waals surface area contributed by atoms with E-state index in [9.17, 15) is 14.0 Å². The van der Waals surface area contributed by atoms with E-state index in [1.807, 2.05) is 0 Å². The van der Waals surface area contributed by atoms with Crippen molar-refractivity contribution in [3.05, 3.63) is 64.0 Å². The van der Waals surface area contributed by atoms with Gasteiger partial charge in [-0.25, -0.2) is 4.39 Å². The van der Waals surface area contributed by atoms with Gasteiger partial charge in [0.1, 0.15) is 23.1 Å². The van der Waals surface area contributed by atoms with Gasteiger partial charge in [-0.05, 0) is 37.3 Å². The Morgan fingerprint density at radius 1 is 1.03 bits per heavy atom. The summed E-state index contributed by atoms with van der Waals surface area (Å²) in [6.07, 6.45) is 2.16. The minimum absolute atomic E-state index is 0.0261. The van der Waals surface area contributed by atoms with E-state index in [1.54, 1.807) is 31.2 Å². The standard InChI is InChI=1S/C22H21Cl2FN2O5/c1-22(27-21(29)12-32-14-3-5-16(23)18(25)7-14)9-13(10-22)26-20(28)11-31-15-4-6-17(24)19(8-15)30-2/h3-9H,10-12H2,1-2H3,(H,26,28)(H,27,29). The van der Waals surface area contributed by atoms with Gasteiger partial charge in [0, 0.05) is 24.3 Å². The molecule has 1 aliphatic rings. The predicted molar refractivity (Wildman–Crippen MR) is 118 cm³/mol. The molecule has 0 bridgehead atoms. The Hall–Kier alpha value is -2.97. The number of carbonyl (C=O) groups is 2. The van der Waals surface area contributed by atoms with Crippen molar-refractivity contribution in [3.63, 3.8) is 0 Å². The summed E-state index contributed by atoms with van der Waals surface area (Å²) in [5, 5.41) is 5.94. The van der Waals surface area contributed by atoms with Crippen LogP contribution in [0.2, 0.25) is 10.0 Å². The maximum Gasteiger partial charge on any atom is 0.262 e. The molecule has 0 spiro atoms. The Morgan fingerprint density at radius 3 is 2.25 bits per heavy atom. The largest absolute Gasteiger partial charge is 0.495 e. The predicted octanol–water partition coefficient (Wildman–Crippen LogP) is 3.88. The molecular formula is C22H21Cl2FN2O5. The molecule has 3 rings (SSSR count). The van der Waals surface area contributed by atoms with Gasteiger partial charge in [0.05, 0.1) is 22.7 Å². The van der Waals surface area contributed by atoms with Gasteiger partial charge in [0.15, 0.2) is 13.2 Å². The zero-order valence-electron chi connectivity index (χ0n) is 17.3. The van der Waals surface area contributed by atoms with Crippen LogP contribution >= 0.6 is 23.2 Å². The fourth-order valence-electron chi connectivity index (χ4n) is 3.08. The Balaban J connectivity index is 1.42. The third-order valence-electron chi connectivity index (χ3n) is 4.53. The van der Waals surface area contributed by atoms with Crippen molar-refractivity contribution < 1.29 is 28.2 Å². The Bertz CT molecular complexity index is 1060. The molecule has 2 N–H and O–H groups in total. The molecule has 32 heavy (non-hydrogen) atoms. The van der Waals surface area contributed by atoms with Crippen molar-refractivity contribution in [3.8, 4) is 17.2 Å². The first kappa shape index (κ1) is 23.7. The summed E-state index contributed by atoms with van der Waals surface area (Å²) < 4.78 is 29.2. The molecule has 0 saturated heterocycles. The lowest BCUT2D eigenvalue weighted by molar-refractivity contribution is -0.124. The summed E-state index contributed by atoms with van der Waals surface area (Å²) in [4.78, 5) is 24.2. The van der Waals surface area contributed by atoms with Crippen LogP contribution in [0.4, 0.5) is 4.39 Å². The van der Waals surface area contributed by atoms with Crippen LogP contribution in [0.25, 0.3) is 0 Å². The average Bonchev–Trinajstić information content (AvgIpc) is 2.73. The second-order valence-corrected chi connectivity index (χ2v) is 8.12. The van der Waals surface area contributed by atoms with Crippen LogP contribution in [-0.2, 0) is 9.59 Å². The lowest BCUT2D eigenvalue weighted by Crippen LogP contribution is -2.53. The van der Waals surface area contributed by atoms with Crippen LogP contribution in [-0.4, -0.2) is 37.7 Å². The summed E-state index contributed by atoms with van der Waals surface area (Å²) in [7, 11) is 1.49. The number of carbonyl (C=O) groups excluding carboxylic acids is 2. The molecule has 10 heteroatoms. The number of methoxy groups -OCH3 is 1. The van der Waals surface area contributed by atoms with Gasteiger partial charge in [-0.2, -0.15) is 0 Å². The number of hydrogen-bond donors (Lipinski definition) is 2. The van der Waals surface area contributed by atoms with Crippen molar-refractivity contribution in [2.24, 2.45) is 0 Å². The zero-order chi connectivity index (χ0) is 23.3. The van der Waals surface area contributed by atoms with Gasteiger partial charge in [0.2, 0.25) is 0 Å². The highest BCUT2D eigenvalue weighted by molar-refractivity contribution is 6.32. The third kappa shape index (κ3) is 6.27. The fraction of sp³-hybridized carbons (Fsp3) is 0.273. The van der Waals surface area contributed by atoms with Gasteiger partial charge >= 0.3 is 0 Å². The molecule has 0 radical (unpaired) electrons. The zero-order valence-corrected chi connectivity index (χ0v) is 18.8. The molecule has 1 atom stereocenters. The molecule has 2 aromatic rings. The number of rotatable bonds is 9. The normalized spacial score (nSPS) is 17.0. The van der Waals surface area contributed by atoms with Crippen molar-refractivity contribution >= 4 is 35.0 Å². The van der Waals surface area contributed by atoms with E-state index < -0.39 is 11.4 Å². The van der Waals surface area contributed by atoms with E-state index >= 15 is 0 Å². The summed E-state index contributed by atoms with van der Waals surface area (Å²) in [5.41, 5.74) is 0.0365. The van der Waals surface area contributed by atoms with Crippen LogP contribution < -0.4 is 24.8 Å².